The number of thioether (sulfide) groups is 1. The van der Waals surface area contributed by atoms with Crippen LogP contribution in [-0.4, -0.2) is 11.1 Å². The third kappa shape index (κ3) is 3.25. The van der Waals surface area contributed by atoms with E-state index in [1.807, 2.05) is 24.3 Å². The topological polar surface area (TPSA) is 54.6 Å². The highest BCUT2D eigenvalue weighted by atomic mass is 32.2. The Labute approximate surface area is 127 Å². The van der Waals surface area contributed by atoms with Gasteiger partial charge in [0, 0.05) is 6.08 Å². The summed E-state index contributed by atoms with van der Waals surface area (Å²) in [6.45, 7) is 2.11. The maximum Gasteiger partial charge on any atom is 0.264 e. The van der Waals surface area contributed by atoms with Gasteiger partial charge in [-0.25, -0.2) is 4.99 Å². The minimum absolute atomic E-state index is 0.152. The number of hydrogen-bond donors (Lipinski definition) is 1. The van der Waals surface area contributed by atoms with Crippen molar-refractivity contribution >= 4 is 34.6 Å². The smallest absolute Gasteiger partial charge is 0.264 e. The van der Waals surface area contributed by atoms with Crippen LogP contribution >= 0.6 is 11.8 Å². The van der Waals surface area contributed by atoms with Gasteiger partial charge in [0.15, 0.2) is 5.17 Å². The van der Waals surface area contributed by atoms with Crippen molar-refractivity contribution in [3.05, 3.63) is 58.9 Å². The third-order valence-electron chi connectivity index (χ3n) is 3.04. The van der Waals surface area contributed by atoms with Crippen LogP contribution in [0.25, 0.3) is 6.08 Å². The molecular weight excluding hydrogens is 284 g/mol. The second-order valence-electron chi connectivity index (χ2n) is 4.52. The molecule has 106 valence electrons. The number of amidine groups is 1. The largest absolute Gasteiger partial charge is 0.465 e. The van der Waals surface area contributed by atoms with E-state index in [0.717, 1.165) is 12.1 Å². The van der Waals surface area contributed by atoms with Crippen molar-refractivity contribution in [2.45, 2.75) is 13.3 Å². The van der Waals surface area contributed by atoms with Gasteiger partial charge >= 0.3 is 0 Å². The predicted molar refractivity (Wildman–Crippen MR) is 85.3 cm³/mol. The maximum atomic E-state index is 11.9. The van der Waals surface area contributed by atoms with Crippen LogP contribution in [0.2, 0.25) is 0 Å². The van der Waals surface area contributed by atoms with E-state index in [0.29, 0.717) is 15.8 Å². The summed E-state index contributed by atoms with van der Waals surface area (Å²) >= 11 is 1.31. The van der Waals surface area contributed by atoms with E-state index in [-0.39, 0.29) is 5.91 Å². The van der Waals surface area contributed by atoms with Crippen molar-refractivity contribution in [1.29, 1.82) is 0 Å². The standard InChI is InChI=1S/C16H14N2O2S/c1-2-11-5-7-12(8-6-11)17-16-18-15(19)14(21-16)10-13-4-3-9-20-13/h3-10H,2H2,1H3,(H,17,18,19)/b14-10-. The molecule has 1 saturated heterocycles. The molecule has 0 atom stereocenters. The first-order chi connectivity index (χ1) is 10.2. The first kappa shape index (κ1) is 13.7. The van der Waals surface area contributed by atoms with Gasteiger partial charge in [-0.3, -0.25) is 4.79 Å². The Morgan fingerprint density at radius 1 is 1.29 bits per heavy atom. The number of rotatable bonds is 3. The zero-order valence-corrected chi connectivity index (χ0v) is 12.3. The zero-order valence-electron chi connectivity index (χ0n) is 11.5. The van der Waals surface area contributed by atoms with E-state index in [4.69, 9.17) is 4.42 Å². The first-order valence-electron chi connectivity index (χ1n) is 6.66. The summed E-state index contributed by atoms with van der Waals surface area (Å²) in [5, 5.41) is 3.34. The summed E-state index contributed by atoms with van der Waals surface area (Å²) in [5.41, 5.74) is 2.09. The third-order valence-corrected chi connectivity index (χ3v) is 3.95. The molecule has 0 aliphatic carbocycles. The van der Waals surface area contributed by atoms with E-state index in [1.165, 1.54) is 17.3 Å². The van der Waals surface area contributed by atoms with Crippen LogP contribution in [0, 0.1) is 0 Å². The number of nitrogens with zero attached hydrogens (tertiary/aromatic N) is 1. The molecule has 0 radical (unpaired) electrons. The Bertz CT molecular complexity index is 700. The number of benzene rings is 1. The minimum atomic E-state index is -0.152. The second-order valence-corrected chi connectivity index (χ2v) is 5.55. The van der Waals surface area contributed by atoms with E-state index in [2.05, 4.69) is 17.2 Å². The fraction of sp³-hybridized carbons (Fsp3) is 0.125. The summed E-state index contributed by atoms with van der Waals surface area (Å²) in [4.78, 5) is 16.9. The lowest BCUT2D eigenvalue weighted by molar-refractivity contribution is -0.115. The van der Waals surface area contributed by atoms with Gasteiger partial charge in [-0.15, -0.1) is 0 Å². The number of hydrogen-bond acceptors (Lipinski definition) is 4. The van der Waals surface area contributed by atoms with Crippen molar-refractivity contribution < 1.29 is 9.21 Å². The van der Waals surface area contributed by atoms with Crippen LogP contribution < -0.4 is 5.32 Å². The summed E-state index contributed by atoms with van der Waals surface area (Å²) in [5.74, 6) is 0.501. The Hall–Kier alpha value is -2.27. The van der Waals surface area contributed by atoms with Crippen LogP contribution in [0.5, 0.6) is 0 Å². The Morgan fingerprint density at radius 2 is 2.10 bits per heavy atom. The highest BCUT2D eigenvalue weighted by molar-refractivity contribution is 8.18. The van der Waals surface area contributed by atoms with Crippen molar-refractivity contribution in [3.8, 4) is 0 Å². The summed E-state index contributed by atoms with van der Waals surface area (Å²) < 4.78 is 5.21. The Kier molecular flexibility index (Phi) is 3.92. The van der Waals surface area contributed by atoms with Crippen LogP contribution in [0.1, 0.15) is 18.2 Å². The van der Waals surface area contributed by atoms with E-state index in [9.17, 15) is 4.79 Å². The molecule has 1 aromatic heterocycles. The van der Waals surface area contributed by atoms with Gasteiger partial charge in [0.25, 0.3) is 5.91 Å². The SMILES string of the molecule is CCc1ccc(N=C2NC(=O)/C(=C/c3ccco3)S2)cc1. The zero-order chi connectivity index (χ0) is 14.7. The number of nitrogens with one attached hydrogen (secondary N) is 1. The molecular formula is C16H14N2O2S. The van der Waals surface area contributed by atoms with E-state index < -0.39 is 0 Å². The number of furan rings is 1. The van der Waals surface area contributed by atoms with Gasteiger partial charge in [0.05, 0.1) is 16.9 Å². The van der Waals surface area contributed by atoms with Crippen molar-refractivity contribution in [1.82, 2.24) is 5.32 Å². The molecule has 0 bridgehead atoms. The Balaban J connectivity index is 1.78. The highest BCUT2D eigenvalue weighted by Gasteiger charge is 2.24. The van der Waals surface area contributed by atoms with Gasteiger partial charge in [0.1, 0.15) is 5.76 Å². The van der Waals surface area contributed by atoms with Gasteiger partial charge in [-0.05, 0) is 48.0 Å². The molecule has 21 heavy (non-hydrogen) atoms. The lowest BCUT2D eigenvalue weighted by Gasteiger charge is -1.98. The predicted octanol–water partition coefficient (Wildman–Crippen LogP) is 3.73. The maximum absolute atomic E-state index is 11.9. The molecule has 1 fully saturated rings. The quantitative estimate of drug-likeness (QED) is 0.878. The molecule has 0 saturated carbocycles. The molecule has 2 heterocycles. The van der Waals surface area contributed by atoms with Gasteiger partial charge in [0.2, 0.25) is 0 Å². The summed E-state index contributed by atoms with van der Waals surface area (Å²) in [6.07, 6.45) is 4.29. The Morgan fingerprint density at radius 3 is 2.76 bits per heavy atom. The molecule has 1 aliphatic heterocycles. The second kappa shape index (κ2) is 6.01. The molecule has 1 aromatic carbocycles. The van der Waals surface area contributed by atoms with E-state index >= 15 is 0 Å². The minimum Gasteiger partial charge on any atom is -0.465 e. The summed E-state index contributed by atoms with van der Waals surface area (Å²) in [6, 6.07) is 11.6. The van der Waals surface area contributed by atoms with Crippen molar-refractivity contribution in [3.63, 3.8) is 0 Å². The normalized spacial score (nSPS) is 18.4. The van der Waals surface area contributed by atoms with Gasteiger partial charge in [-0.2, -0.15) is 0 Å². The molecule has 3 rings (SSSR count). The molecule has 0 spiro atoms. The molecule has 1 amide bonds. The number of carbonyl (C=O) groups excluding carboxylic acids is 1. The highest BCUT2D eigenvalue weighted by Crippen LogP contribution is 2.28. The van der Waals surface area contributed by atoms with Gasteiger partial charge < -0.3 is 9.73 Å². The lowest BCUT2D eigenvalue weighted by Crippen LogP contribution is -2.19. The van der Waals surface area contributed by atoms with E-state index in [1.54, 1.807) is 24.5 Å². The van der Waals surface area contributed by atoms with Gasteiger partial charge in [-0.1, -0.05) is 19.1 Å². The van der Waals surface area contributed by atoms with Crippen molar-refractivity contribution in [2.75, 3.05) is 0 Å². The van der Waals surface area contributed by atoms with Crippen LogP contribution in [-0.2, 0) is 11.2 Å². The fourth-order valence-electron chi connectivity index (χ4n) is 1.91. The van der Waals surface area contributed by atoms with Crippen LogP contribution in [0.4, 0.5) is 5.69 Å². The molecule has 2 aromatic rings. The monoisotopic (exact) mass is 298 g/mol. The lowest BCUT2D eigenvalue weighted by atomic mass is 10.2. The molecule has 1 N–H and O–H groups in total. The fourth-order valence-corrected chi connectivity index (χ4v) is 2.73. The molecule has 0 unspecified atom stereocenters. The number of amides is 1. The average Bonchev–Trinajstić information content (AvgIpc) is 3.11. The van der Waals surface area contributed by atoms with Crippen LogP contribution in [0.15, 0.2) is 57.0 Å². The average molecular weight is 298 g/mol. The van der Waals surface area contributed by atoms with Crippen LogP contribution in [0.3, 0.4) is 0 Å². The summed E-state index contributed by atoms with van der Waals surface area (Å²) in [7, 11) is 0. The first-order valence-corrected chi connectivity index (χ1v) is 7.48. The number of aliphatic imine (C=N–C) groups is 1. The molecule has 4 nitrogen and oxygen atoms in total. The number of aryl methyl sites for hydroxylation is 1. The van der Waals surface area contributed by atoms with Crippen molar-refractivity contribution in [2.24, 2.45) is 4.99 Å². The number of carbonyl (C=O) groups is 1. The molecule has 1 aliphatic rings. The molecule has 5 heteroatoms.